The Kier molecular flexibility index (Phi) is 3.81. The van der Waals surface area contributed by atoms with Crippen molar-refractivity contribution in [3.63, 3.8) is 0 Å². The van der Waals surface area contributed by atoms with Gasteiger partial charge < -0.3 is 15.4 Å². The van der Waals surface area contributed by atoms with Gasteiger partial charge in [0.2, 0.25) is 0 Å². The highest BCUT2D eigenvalue weighted by Crippen LogP contribution is 2.15. The van der Waals surface area contributed by atoms with Crippen LogP contribution in [0.3, 0.4) is 0 Å². The lowest BCUT2D eigenvalue weighted by Gasteiger charge is -2.24. The zero-order valence-electron chi connectivity index (χ0n) is 9.23. The van der Waals surface area contributed by atoms with Crippen LogP contribution in [0.2, 0.25) is 0 Å². The minimum absolute atomic E-state index is 0.00456. The van der Waals surface area contributed by atoms with E-state index in [0.717, 1.165) is 5.82 Å². The molecule has 1 aromatic rings. The molecule has 0 saturated carbocycles. The van der Waals surface area contributed by atoms with Crippen LogP contribution < -0.4 is 16.2 Å². The zero-order valence-corrected chi connectivity index (χ0v) is 9.23. The van der Waals surface area contributed by atoms with Crippen LogP contribution in [0.1, 0.15) is 12.7 Å². The number of hydrogen-bond donors (Lipinski definition) is 3. The minimum Gasteiger partial charge on any atom is -0.394 e. The fourth-order valence-corrected chi connectivity index (χ4v) is 1.15. The summed E-state index contributed by atoms with van der Waals surface area (Å²) in [6.07, 6.45) is 0. The number of rotatable bonds is 4. The smallest absolute Gasteiger partial charge is 0.145 e. The minimum atomic E-state index is 0.00456. The number of nitrogens with zero attached hydrogens (tertiary/aromatic N) is 3. The van der Waals surface area contributed by atoms with E-state index in [4.69, 9.17) is 10.9 Å². The van der Waals surface area contributed by atoms with E-state index in [-0.39, 0.29) is 12.6 Å². The Balaban J connectivity index is 2.97. The van der Waals surface area contributed by atoms with Crippen molar-refractivity contribution < 1.29 is 5.11 Å². The maximum atomic E-state index is 9.04. The summed E-state index contributed by atoms with van der Waals surface area (Å²) in [7, 11) is 1.86. The Hall–Kier alpha value is -1.40. The van der Waals surface area contributed by atoms with Crippen LogP contribution in [0.5, 0.6) is 0 Å². The highest BCUT2D eigenvalue weighted by molar-refractivity contribution is 5.48. The predicted molar refractivity (Wildman–Crippen MR) is 59.5 cm³/mol. The SMILES string of the molecule is Cc1nc(NN)cc(N(C)C(C)CO)n1. The Morgan fingerprint density at radius 3 is 2.80 bits per heavy atom. The molecule has 0 spiro atoms. The Morgan fingerprint density at radius 1 is 1.60 bits per heavy atom. The number of aromatic nitrogens is 2. The summed E-state index contributed by atoms with van der Waals surface area (Å²) in [4.78, 5) is 10.2. The van der Waals surface area contributed by atoms with E-state index in [9.17, 15) is 0 Å². The number of aliphatic hydroxyl groups excluding tert-OH is 1. The van der Waals surface area contributed by atoms with Crippen molar-refractivity contribution in [3.8, 4) is 0 Å². The van der Waals surface area contributed by atoms with E-state index < -0.39 is 0 Å². The Labute approximate surface area is 89.1 Å². The van der Waals surface area contributed by atoms with Gasteiger partial charge in [0.15, 0.2) is 0 Å². The third-order valence-corrected chi connectivity index (χ3v) is 2.26. The van der Waals surface area contributed by atoms with E-state index in [1.807, 2.05) is 18.9 Å². The first-order valence-corrected chi connectivity index (χ1v) is 4.74. The maximum Gasteiger partial charge on any atom is 0.145 e. The van der Waals surface area contributed by atoms with Crippen LogP contribution in [-0.2, 0) is 0 Å². The summed E-state index contributed by atoms with van der Waals surface area (Å²) in [6.45, 7) is 3.78. The molecule has 1 aromatic heterocycles. The summed E-state index contributed by atoms with van der Waals surface area (Å²) >= 11 is 0. The Morgan fingerprint density at radius 2 is 2.27 bits per heavy atom. The topological polar surface area (TPSA) is 87.3 Å². The van der Waals surface area contributed by atoms with E-state index in [1.54, 1.807) is 13.0 Å². The van der Waals surface area contributed by atoms with Crippen molar-refractivity contribution in [3.05, 3.63) is 11.9 Å². The summed E-state index contributed by atoms with van der Waals surface area (Å²) < 4.78 is 0. The summed E-state index contributed by atoms with van der Waals surface area (Å²) in [5.41, 5.74) is 2.48. The highest BCUT2D eigenvalue weighted by atomic mass is 16.3. The number of nitrogens with one attached hydrogen (secondary N) is 1. The second-order valence-electron chi connectivity index (χ2n) is 3.45. The van der Waals surface area contributed by atoms with Crippen LogP contribution in [0.15, 0.2) is 6.07 Å². The summed E-state index contributed by atoms with van der Waals surface area (Å²) in [5, 5.41) is 9.04. The molecule has 0 aliphatic heterocycles. The van der Waals surface area contributed by atoms with Gasteiger partial charge in [-0.2, -0.15) is 0 Å². The number of nitrogens with two attached hydrogens (primary N) is 1. The quantitative estimate of drug-likeness (QED) is 0.475. The maximum absolute atomic E-state index is 9.04. The van der Waals surface area contributed by atoms with Gasteiger partial charge in [-0.3, -0.25) is 0 Å². The number of hydrazine groups is 1. The fraction of sp³-hybridized carbons (Fsp3) is 0.556. The molecule has 84 valence electrons. The molecule has 0 aliphatic carbocycles. The number of likely N-dealkylation sites (N-methyl/N-ethyl adjacent to an activating group) is 1. The number of aryl methyl sites for hydroxylation is 1. The number of aliphatic hydroxyl groups is 1. The monoisotopic (exact) mass is 211 g/mol. The third kappa shape index (κ3) is 2.77. The molecule has 4 N–H and O–H groups in total. The summed E-state index contributed by atoms with van der Waals surface area (Å²) in [6, 6.07) is 1.74. The van der Waals surface area contributed by atoms with Crippen molar-refractivity contribution in [2.45, 2.75) is 19.9 Å². The van der Waals surface area contributed by atoms with Gasteiger partial charge in [-0.1, -0.05) is 0 Å². The molecule has 6 nitrogen and oxygen atoms in total. The molecule has 0 saturated heterocycles. The molecule has 6 heteroatoms. The van der Waals surface area contributed by atoms with E-state index >= 15 is 0 Å². The second kappa shape index (κ2) is 4.90. The molecule has 1 rings (SSSR count). The van der Waals surface area contributed by atoms with Gasteiger partial charge in [0.1, 0.15) is 17.5 Å². The van der Waals surface area contributed by atoms with Gasteiger partial charge in [-0.25, -0.2) is 15.8 Å². The number of anilines is 2. The van der Waals surface area contributed by atoms with Crippen LogP contribution in [0, 0.1) is 6.92 Å². The fourth-order valence-electron chi connectivity index (χ4n) is 1.15. The van der Waals surface area contributed by atoms with Gasteiger partial charge in [-0.05, 0) is 13.8 Å². The van der Waals surface area contributed by atoms with Gasteiger partial charge in [0, 0.05) is 13.1 Å². The average molecular weight is 211 g/mol. The standard InChI is InChI=1S/C9H17N5O/c1-6(5-15)14(3)9-4-8(13-10)11-7(2)12-9/h4,6,15H,5,10H2,1-3H3,(H,11,12,13). The third-order valence-electron chi connectivity index (χ3n) is 2.26. The molecular weight excluding hydrogens is 194 g/mol. The first kappa shape index (κ1) is 11.7. The van der Waals surface area contributed by atoms with Crippen LogP contribution >= 0.6 is 0 Å². The van der Waals surface area contributed by atoms with Crippen molar-refractivity contribution in [1.82, 2.24) is 9.97 Å². The van der Waals surface area contributed by atoms with Gasteiger partial charge in [0.25, 0.3) is 0 Å². The molecule has 1 unspecified atom stereocenters. The molecule has 1 heterocycles. The summed E-state index contributed by atoms with van der Waals surface area (Å²) in [5.74, 6) is 7.22. The second-order valence-corrected chi connectivity index (χ2v) is 3.45. The Bertz CT molecular complexity index is 330. The van der Waals surface area contributed by atoms with Gasteiger partial charge >= 0.3 is 0 Å². The van der Waals surface area contributed by atoms with Crippen molar-refractivity contribution in [2.75, 3.05) is 24.0 Å². The molecule has 0 aromatic carbocycles. The number of nitrogen functional groups attached to an aromatic ring is 1. The first-order chi connectivity index (χ1) is 7.08. The number of hydrogen-bond acceptors (Lipinski definition) is 6. The molecular formula is C9H17N5O. The predicted octanol–water partition coefficient (Wildman–Crippen LogP) is -0.112. The van der Waals surface area contributed by atoms with Crippen molar-refractivity contribution in [2.24, 2.45) is 5.84 Å². The highest BCUT2D eigenvalue weighted by Gasteiger charge is 2.11. The molecule has 15 heavy (non-hydrogen) atoms. The largest absolute Gasteiger partial charge is 0.394 e. The molecule has 0 radical (unpaired) electrons. The molecule has 1 atom stereocenters. The van der Waals surface area contributed by atoms with Crippen molar-refractivity contribution in [1.29, 1.82) is 0 Å². The lowest BCUT2D eigenvalue weighted by atomic mass is 10.3. The molecule has 0 amide bonds. The lowest BCUT2D eigenvalue weighted by Crippen LogP contribution is -2.32. The van der Waals surface area contributed by atoms with E-state index in [1.165, 1.54) is 0 Å². The molecule has 0 aliphatic rings. The van der Waals surface area contributed by atoms with E-state index in [0.29, 0.717) is 11.6 Å². The van der Waals surface area contributed by atoms with Gasteiger partial charge in [-0.15, -0.1) is 0 Å². The van der Waals surface area contributed by atoms with Crippen LogP contribution in [0.25, 0.3) is 0 Å². The van der Waals surface area contributed by atoms with Crippen LogP contribution in [0.4, 0.5) is 11.6 Å². The van der Waals surface area contributed by atoms with E-state index in [2.05, 4.69) is 15.4 Å². The normalized spacial score (nSPS) is 12.3. The lowest BCUT2D eigenvalue weighted by molar-refractivity contribution is 0.269. The first-order valence-electron chi connectivity index (χ1n) is 4.74. The van der Waals surface area contributed by atoms with Gasteiger partial charge in [0.05, 0.1) is 12.6 Å². The average Bonchev–Trinajstić information content (AvgIpc) is 2.26. The zero-order chi connectivity index (χ0) is 11.4. The van der Waals surface area contributed by atoms with Crippen molar-refractivity contribution >= 4 is 11.6 Å². The van der Waals surface area contributed by atoms with Crippen LogP contribution in [-0.4, -0.2) is 34.8 Å². The molecule has 0 fully saturated rings. The molecule has 0 bridgehead atoms.